The number of amides is 2. The van der Waals surface area contributed by atoms with Gasteiger partial charge in [-0.1, -0.05) is 30.3 Å². The maximum atomic E-state index is 15.0. The van der Waals surface area contributed by atoms with Crippen molar-refractivity contribution in [1.29, 1.82) is 0 Å². The molecule has 0 bridgehead atoms. The van der Waals surface area contributed by atoms with Crippen molar-refractivity contribution in [3.8, 4) is 11.1 Å². The highest BCUT2D eigenvalue weighted by Gasteiger charge is 2.32. The number of aromatic nitrogens is 1. The summed E-state index contributed by atoms with van der Waals surface area (Å²) in [4.78, 5) is 31.0. The van der Waals surface area contributed by atoms with Crippen LogP contribution in [0.25, 0.3) is 11.1 Å². The van der Waals surface area contributed by atoms with Gasteiger partial charge in [0.1, 0.15) is 11.9 Å². The molecule has 3 aromatic rings. The Labute approximate surface area is 198 Å². The highest BCUT2D eigenvalue weighted by molar-refractivity contribution is 5.90. The summed E-state index contributed by atoms with van der Waals surface area (Å²) in [5, 5.41) is 2.63. The SMILES string of the molecule is CC(=O)NC[C@H]1CN(c2ccc(-c3ccc(CN(C)Cc4cccnc4)cc3)c(F)c2)C(=O)O1. The van der Waals surface area contributed by atoms with E-state index >= 15 is 0 Å². The molecule has 1 aromatic heterocycles. The fourth-order valence-corrected chi connectivity index (χ4v) is 3.96. The van der Waals surface area contributed by atoms with E-state index in [0.29, 0.717) is 11.3 Å². The number of benzene rings is 2. The first kappa shape index (κ1) is 23.4. The molecule has 1 aliphatic heterocycles. The Morgan fingerprint density at radius 3 is 2.62 bits per heavy atom. The Balaban J connectivity index is 1.40. The van der Waals surface area contributed by atoms with E-state index in [-0.39, 0.29) is 19.0 Å². The number of cyclic esters (lactones) is 1. The molecule has 0 saturated carbocycles. The second-order valence-corrected chi connectivity index (χ2v) is 8.45. The number of ether oxygens (including phenoxy) is 1. The first-order valence-corrected chi connectivity index (χ1v) is 11.1. The Bertz CT molecular complexity index is 1150. The zero-order valence-corrected chi connectivity index (χ0v) is 19.2. The van der Waals surface area contributed by atoms with Crippen molar-refractivity contribution in [2.24, 2.45) is 0 Å². The van der Waals surface area contributed by atoms with Crippen LogP contribution in [0.3, 0.4) is 0 Å². The number of carbonyl (C=O) groups is 2. The van der Waals surface area contributed by atoms with Crippen LogP contribution >= 0.6 is 0 Å². The molecule has 0 aliphatic carbocycles. The molecule has 2 aromatic carbocycles. The Morgan fingerprint density at radius 2 is 1.94 bits per heavy atom. The molecule has 1 saturated heterocycles. The second kappa shape index (κ2) is 10.4. The normalized spacial score (nSPS) is 15.5. The smallest absolute Gasteiger partial charge is 0.414 e. The van der Waals surface area contributed by atoms with Crippen molar-refractivity contribution in [3.05, 3.63) is 83.9 Å². The van der Waals surface area contributed by atoms with Crippen LogP contribution in [-0.2, 0) is 22.6 Å². The largest absolute Gasteiger partial charge is 0.442 e. The molecule has 1 fully saturated rings. The number of nitrogens with one attached hydrogen (secondary N) is 1. The standard InChI is InChI=1S/C26H27FN4O3/c1-18(32)29-14-23-17-31(26(33)34-23)22-9-10-24(25(27)12-22)21-7-5-19(6-8-21)15-30(2)16-20-4-3-11-28-13-20/h3-13,23H,14-17H2,1-2H3,(H,29,32)/t23-/m0/s1. The van der Waals surface area contributed by atoms with Crippen molar-refractivity contribution < 1.29 is 18.7 Å². The van der Waals surface area contributed by atoms with Crippen molar-refractivity contribution in [2.75, 3.05) is 25.0 Å². The number of nitrogens with zero attached hydrogens (tertiary/aromatic N) is 3. The number of pyridine rings is 1. The highest BCUT2D eigenvalue weighted by atomic mass is 19.1. The van der Waals surface area contributed by atoms with Crippen LogP contribution in [0.4, 0.5) is 14.9 Å². The minimum atomic E-state index is -0.553. The van der Waals surface area contributed by atoms with Crippen LogP contribution in [0.1, 0.15) is 18.1 Å². The van der Waals surface area contributed by atoms with E-state index in [1.807, 2.05) is 49.6 Å². The van der Waals surface area contributed by atoms with Gasteiger partial charge in [0.15, 0.2) is 0 Å². The van der Waals surface area contributed by atoms with Gasteiger partial charge in [-0.3, -0.25) is 19.6 Å². The molecule has 2 amide bonds. The molecule has 176 valence electrons. The highest BCUT2D eigenvalue weighted by Crippen LogP contribution is 2.29. The molecule has 8 heteroatoms. The van der Waals surface area contributed by atoms with E-state index in [9.17, 15) is 14.0 Å². The first-order valence-electron chi connectivity index (χ1n) is 11.1. The number of hydrogen-bond donors (Lipinski definition) is 1. The summed E-state index contributed by atoms with van der Waals surface area (Å²) in [6, 6.07) is 16.5. The monoisotopic (exact) mass is 462 g/mol. The molecule has 2 heterocycles. The molecule has 1 atom stereocenters. The molecular weight excluding hydrogens is 435 g/mol. The van der Waals surface area contributed by atoms with Crippen molar-refractivity contribution in [3.63, 3.8) is 0 Å². The van der Waals surface area contributed by atoms with Crippen LogP contribution in [-0.4, -0.2) is 48.1 Å². The average molecular weight is 463 g/mol. The van der Waals surface area contributed by atoms with Gasteiger partial charge >= 0.3 is 6.09 Å². The molecule has 0 radical (unpaired) electrons. The lowest BCUT2D eigenvalue weighted by molar-refractivity contribution is -0.119. The number of carbonyl (C=O) groups excluding carboxylic acids is 2. The Hall–Kier alpha value is -3.78. The number of rotatable bonds is 8. The van der Waals surface area contributed by atoms with Crippen LogP contribution in [0.2, 0.25) is 0 Å². The topological polar surface area (TPSA) is 74.8 Å². The minimum Gasteiger partial charge on any atom is -0.442 e. The summed E-state index contributed by atoms with van der Waals surface area (Å²) < 4.78 is 20.2. The lowest BCUT2D eigenvalue weighted by Gasteiger charge is -2.17. The van der Waals surface area contributed by atoms with Crippen molar-refractivity contribution >= 4 is 17.7 Å². The Morgan fingerprint density at radius 1 is 1.18 bits per heavy atom. The Kier molecular flexibility index (Phi) is 7.18. The average Bonchev–Trinajstić information content (AvgIpc) is 3.19. The van der Waals surface area contributed by atoms with Crippen LogP contribution in [0.15, 0.2) is 67.0 Å². The van der Waals surface area contributed by atoms with Crippen LogP contribution in [0.5, 0.6) is 0 Å². The van der Waals surface area contributed by atoms with Gasteiger partial charge in [-0.15, -0.1) is 0 Å². The lowest BCUT2D eigenvalue weighted by atomic mass is 10.0. The first-order chi connectivity index (χ1) is 16.4. The van der Waals surface area contributed by atoms with E-state index < -0.39 is 18.0 Å². The molecule has 34 heavy (non-hydrogen) atoms. The van der Waals surface area contributed by atoms with Crippen molar-refractivity contribution in [2.45, 2.75) is 26.1 Å². The predicted octanol–water partition coefficient (Wildman–Crippen LogP) is 3.98. The number of hydrogen-bond acceptors (Lipinski definition) is 5. The maximum Gasteiger partial charge on any atom is 0.414 e. The summed E-state index contributed by atoms with van der Waals surface area (Å²) in [5.74, 6) is -0.617. The minimum absolute atomic E-state index is 0.198. The second-order valence-electron chi connectivity index (χ2n) is 8.45. The molecule has 0 unspecified atom stereocenters. The summed E-state index contributed by atoms with van der Waals surface area (Å²) >= 11 is 0. The van der Waals surface area contributed by atoms with Gasteiger partial charge in [0.05, 0.1) is 18.8 Å². The van der Waals surface area contributed by atoms with Gasteiger partial charge in [0.25, 0.3) is 0 Å². The summed E-state index contributed by atoms with van der Waals surface area (Å²) in [6.07, 6.45) is 2.59. The van der Waals surface area contributed by atoms with Gasteiger partial charge in [0.2, 0.25) is 5.91 Å². The van der Waals surface area contributed by atoms with Gasteiger partial charge in [-0.05, 0) is 48.0 Å². The van der Waals surface area contributed by atoms with Crippen LogP contribution in [0, 0.1) is 5.82 Å². The third-order valence-corrected chi connectivity index (χ3v) is 5.61. The number of anilines is 1. The predicted molar refractivity (Wildman–Crippen MR) is 128 cm³/mol. The molecule has 1 aliphatic rings. The summed E-state index contributed by atoms with van der Waals surface area (Å²) in [6.45, 7) is 3.42. The summed E-state index contributed by atoms with van der Waals surface area (Å²) in [7, 11) is 2.05. The molecule has 1 N–H and O–H groups in total. The van der Waals surface area contributed by atoms with E-state index in [0.717, 1.165) is 29.8 Å². The van der Waals surface area contributed by atoms with E-state index in [1.54, 1.807) is 18.3 Å². The third-order valence-electron chi connectivity index (χ3n) is 5.61. The maximum absolute atomic E-state index is 15.0. The van der Waals surface area contributed by atoms with Crippen molar-refractivity contribution in [1.82, 2.24) is 15.2 Å². The van der Waals surface area contributed by atoms with E-state index in [1.165, 1.54) is 17.9 Å². The number of halogens is 1. The lowest BCUT2D eigenvalue weighted by Crippen LogP contribution is -2.33. The molecular formula is C26H27FN4O3. The summed E-state index contributed by atoms with van der Waals surface area (Å²) in [5.41, 5.74) is 3.91. The van der Waals surface area contributed by atoms with Gasteiger partial charge in [-0.2, -0.15) is 0 Å². The molecule has 7 nitrogen and oxygen atoms in total. The molecule has 4 rings (SSSR count). The van der Waals surface area contributed by atoms with Crippen LogP contribution < -0.4 is 10.2 Å². The van der Waals surface area contributed by atoms with Gasteiger partial charge in [0, 0.05) is 38.0 Å². The van der Waals surface area contributed by atoms with Gasteiger partial charge < -0.3 is 10.1 Å². The molecule has 0 spiro atoms. The zero-order valence-electron chi connectivity index (χ0n) is 19.2. The van der Waals surface area contributed by atoms with E-state index in [2.05, 4.69) is 15.2 Å². The fraction of sp³-hybridized carbons (Fsp3) is 0.269. The zero-order chi connectivity index (χ0) is 24.1. The van der Waals surface area contributed by atoms with Gasteiger partial charge in [-0.25, -0.2) is 9.18 Å². The fourth-order valence-electron chi connectivity index (χ4n) is 3.96. The van der Waals surface area contributed by atoms with E-state index in [4.69, 9.17) is 4.74 Å². The third kappa shape index (κ3) is 5.77. The quantitative estimate of drug-likeness (QED) is 0.548.